The summed E-state index contributed by atoms with van der Waals surface area (Å²) in [5, 5.41) is 2.83. The quantitative estimate of drug-likeness (QED) is 0.361. The van der Waals surface area contributed by atoms with Gasteiger partial charge in [0.05, 0.1) is 17.7 Å². The molecule has 0 saturated carbocycles. The van der Waals surface area contributed by atoms with E-state index in [1.54, 1.807) is 49.4 Å². The molecule has 0 radical (unpaired) electrons. The SMILES string of the molecule is COc1ccc(N(CC(=O)N(Cc2ccc(F)cc2)[C@H](C)C(=O)NCC(C)C)S(=O)(=O)c2ccccc2)cc1. The second kappa shape index (κ2) is 13.2. The normalized spacial score (nSPS) is 12.1. The first-order valence-corrected chi connectivity index (χ1v) is 14.0. The molecule has 0 bridgehead atoms. The molecule has 0 aliphatic rings. The Balaban J connectivity index is 1.99. The van der Waals surface area contributed by atoms with E-state index in [1.165, 1.54) is 48.4 Å². The number of hydrogen-bond donors (Lipinski definition) is 1. The van der Waals surface area contributed by atoms with Crippen LogP contribution in [0.4, 0.5) is 10.1 Å². The smallest absolute Gasteiger partial charge is 0.264 e. The Morgan fingerprint density at radius 2 is 1.54 bits per heavy atom. The van der Waals surface area contributed by atoms with Gasteiger partial charge in [0.1, 0.15) is 24.2 Å². The van der Waals surface area contributed by atoms with Crippen molar-refractivity contribution in [2.45, 2.75) is 38.3 Å². The molecule has 0 heterocycles. The molecule has 0 spiro atoms. The Hall–Kier alpha value is -3.92. The van der Waals surface area contributed by atoms with E-state index in [0.29, 0.717) is 17.9 Å². The van der Waals surface area contributed by atoms with Gasteiger partial charge in [0.25, 0.3) is 10.0 Å². The lowest BCUT2D eigenvalue weighted by atomic mass is 10.1. The van der Waals surface area contributed by atoms with E-state index in [-0.39, 0.29) is 29.0 Å². The summed E-state index contributed by atoms with van der Waals surface area (Å²) in [5.41, 5.74) is 0.849. The number of nitrogens with zero attached hydrogens (tertiary/aromatic N) is 2. The molecule has 3 aromatic rings. The lowest BCUT2D eigenvalue weighted by Gasteiger charge is -2.32. The van der Waals surface area contributed by atoms with Gasteiger partial charge in [-0.15, -0.1) is 0 Å². The van der Waals surface area contributed by atoms with Gasteiger partial charge >= 0.3 is 0 Å². The molecule has 2 amide bonds. The van der Waals surface area contributed by atoms with E-state index in [4.69, 9.17) is 4.74 Å². The first kappa shape index (κ1) is 29.6. The largest absolute Gasteiger partial charge is 0.497 e. The number of ether oxygens (including phenoxy) is 1. The number of benzene rings is 3. The van der Waals surface area contributed by atoms with E-state index >= 15 is 0 Å². The highest BCUT2D eigenvalue weighted by Gasteiger charge is 2.32. The zero-order valence-electron chi connectivity index (χ0n) is 22.5. The van der Waals surface area contributed by atoms with Crippen molar-refractivity contribution in [2.75, 3.05) is 24.5 Å². The molecule has 3 rings (SSSR count). The molecule has 0 aliphatic carbocycles. The van der Waals surface area contributed by atoms with Gasteiger partial charge in [-0.25, -0.2) is 12.8 Å². The van der Waals surface area contributed by atoms with Crippen LogP contribution in [0.5, 0.6) is 5.75 Å². The maximum absolute atomic E-state index is 13.8. The van der Waals surface area contributed by atoms with Crippen LogP contribution in [0, 0.1) is 11.7 Å². The Morgan fingerprint density at radius 3 is 2.10 bits per heavy atom. The number of sulfonamides is 1. The Kier molecular flexibility index (Phi) is 10.1. The van der Waals surface area contributed by atoms with Crippen molar-refractivity contribution >= 4 is 27.5 Å². The molecule has 8 nitrogen and oxygen atoms in total. The van der Waals surface area contributed by atoms with Gasteiger partial charge in [0.2, 0.25) is 11.8 Å². The molecule has 0 saturated heterocycles. The summed E-state index contributed by atoms with van der Waals surface area (Å²) >= 11 is 0. The maximum atomic E-state index is 13.8. The summed E-state index contributed by atoms with van der Waals surface area (Å²) in [6.07, 6.45) is 0. The maximum Gasteiger partial charge on any atom is 0.264 e. The predicted molar refractivity (Wildman–Crippen MR) is 148 cm³/mol. The lowest BCUT2D eigenvalue weighted by molar-refractivity contribution is -0.139. The zero-order chi connectivity index (χ0) is 28.6. The van der Waals surface area contributed by atoms with Gasteiger partial charge in [-0.2, -0.15) is 0 Å². The van der Waals surface area contributed by atoms with E-state index < -0.39 is 34.3 Å². The van der Waals surface area contributed by atoms with Gasteiger partial charge in [0, 0.05) is 13.1 Å². The number of halogens is 1. The number of anilines is 1. The number of nitrogens with one attached hydrogen (secondary N) is 1. The lowest BCUT2D eigenvalue weighted by Crippen LogP contribution is -2.51. The number of amides is 2. The van der Waals surface area contributed by atoms with Crippen molar-refractivity contribution in [1.82, 2.24) is 10.2 Å². The summed E-state index contributed by atoms with van der Waals surface area (Å²) in [6.45, 7) is 5.33. The summed E-state index contributed by atoms with van der Waals surface area (Å²) in [5.74, 6) is -0.679. The molecule has 1 N–H and O–H groups in total. The van der Waals surface area contributed by atoms with Crippen molar-refractivity contribution in [3.63, 3.8) is 0 Å². The van der Waals surface area contributed by atoms with Crippen LogP contribution in [0.15, 0.2) is 83.8 Å². The third-order valence-electron chi connectivity index (χ3n) is 6.09. The summed E-state index contributed by atoms with van der Waals surface area (Å²) in [4.78, 5) is 28.1. The van der Waals surface area contributed by atoms with Gasteiger partial charge in [-0.05, 0) is 66.9 Å². The Morgan fingerprint density at radius 1 is 0.923 bits per heavy atom. The molecule has 10 heteroatoms. The standard InChI is InChI=1S/C29H34FN3O5S/c1-21(2)18-31-29(35)22(3)32(19-23-10-12-24(30)13-11-23)28(34)20-33(25-14-16-26(38-4)17-15-25)39(36,37)27-8-6-5-7-9-27/h5-17,21-22H,18-20H2,1-4H3,(H,31,35)/t22-/m1/s1. The molecule has 0 fully saturated rings. The van der Waals surface area contributed by atoms with Crippen LogP contribution in [0.2, 0.25) is 0 Å². The van der Waals surface area contributed by atoms with Crippen molar-refractivity contribution in [2.24, 2.45) is 5.92 Å². The second-order valence-electron chi connectivity index (χ2n) is 9.49. The highest BCUT2D eigenvalue weighted by atomic mass is 32.2. The zero-order valence-corrected chi connectivity index (χ0v) is 23.3. The number of carbonyl (C=O) groups excluding carboxylic acids is 2. The van der Waals surface area contributed by atoms with Crippen LogP contribution in [0.25, 0.3) is 0 Å². The fourth-order valence-corrected chi connectivity index (χ4v) is 5.25. The topological polar surface area (TPSA) is 96.0 Å². The summed E-state index contributed by atoms with van der Waals surface area (Å²) in [7, 11) is -2.66. The van der Waals surface area contributed by atoms with Crippen molar-refractivity contribution in [1.29, 1.82) is 0 Å². The van der Waals surface area contributed by atoms with E-state index in [9.17, 15) is 22.4 Å². The van der Waals surface area contributed by atoms with Crippen LogP contribution >= 0.6 is 0 Å². The molecule has 0 aliphatic heterocycles. The summed E-state index contributed by atoms with van der Waals surface area (Å²) in [6, 6.07) is 18.8. The van der Waals surface area contributed by atoms with Crippen LogP contribution in [-0.4, -0.2) is 51.4 Å². The highest BCUT2D eigenvalue weighted by molar-refractivity contribution is 7.92. The van der Waals surface area contributed by atoms with Crippen molar-refractivity contribution in [3.8, 4) is 5.75 Å². The number of carbonyl (C=O) groups is 2. The molecular formula is C29H34FN3O5S. The van der Waals surface area contributed by atoms with Crippen LogP contribution < -0.4 is 14.4 Å². The van der Waals surface area contributed by atoms with Crippen LogP contribution in [0.3, 0.4) is 0 Å². The monoisotopic (exact) mass is 555 g/mol. The fourth-order valence-electron chi connectivity index (χ4n) is 3.82. The molecule has 0 unspecified atom stereocenters. The minimum Gasteiger partial charge on any atom is -0.497 e. The van der Waals surface area contributed by atoms with Crippen molar-refractivity contribution in [3.05, 3.63) is 90.2 Å². The molecule has 0 aromatic heterocycles. The average molecular weight is 556 g/mol. The molecule has 39 heavy (non-hydrogen) atoms. The third-order valence-corrected chi connectivity index (χ3v) is 7.88. The molecule has 208 valence electrons. The van der Waals surface area contributed by atoms with Gasteiger partial charge in [-0.3, -0.25) is 13.9 Å². The average Bonchev–Trinajstić information content (AvgIpc) is 2.94. The van der Waals surface area contributed by atoms with E-state index in [0.717, 1.165) is 4.31 Å². The van der Waals surface area contributed by atoms with E-state index in [2.05, 4.69) is 5.32 Å². The molecular weight excluding hydrogens is 521 g/mol. The predicted octanol–water partition coefficient (Wildman–Crippen LogP) is 4.22. The van der Waals surface area contributed by atoms with Gasteiger partial charge < -0.3 is 15.0 Å². The fraction of sp³-hybridized carbons (Fsp3) is 0.310. The number of hydrogen-bond acceptors (Lipinski definition) is 5. The Bertz CT molecular complexity index is 1350. The molecule has 1 atom stereocenters. The van der Waals surface area contributed by atoms with Gasteiger partial charge in [0.15, 0.2) is 0 Å². The minimum absolute atomic E-state index is 0.0152. The van der Waals surface area contributed by atoms with Crippen LogP contribution in [0.1, 0.15) is 26.3 Å². The first-order chi connectivity index (χ1) is 18.5. The van der Waals surface area contributed by atoms with Crippen molar-refractivity contribution < 1.29 is 27.1 Å². The first-order valence-electron chi connectivity index (χ1n) is 12.6. The number of methoxy groups -OCH3 is 1. The second-order valence-corrected chi connectivity index (χ2v) is 11.3. The van der Waals surface area contributed by atoms with Crippen LogP contribution in [-0.2, 0) is 26.2 Å². The third kappa shape index (κ3) is 7.79. The summed E-state index contributed by atoms with van der Waals surface area (Å²) < 4.78 is 47.2. The van der Waals surface area contributed by atoms with Gasteiger partial charge in [-0.1, -0.05) is 44.2 Å². The molecule has 3 aromatic carbocycles. The highest BCUT2D eigenvalue weighted by Crippen LogP contribution is 2.26. The number of rotatable bonds is 12. The minimum atomic E-state index is -4.15. The Labute approximate surface area is 229 Å². The van der Waals surface area contributed by atoms with E-state index in [1.807, 2.05) is 13.8 Å².